The van der Waals surface area contributed by atoms with E-state index < -0.39 is 0 Å². The molecule has 0 aliphatic heterocycles. The number of nitrogens with zero attached hydrogens (tertiary/aromatic N) is 2. The highest BCUT2D eigenvalue weighted by Crippen LogP contribution is 2.24. The maximum absolute atomic E-state index is 6.14. The fraction of sp³-hybridized carbons (Fsp3) is 0.214. The third-order valence-corrected chi connectivity index (χ3v) is 3.25. The van der Waals surface area contributed by atoms with Crippen molar-refractivity contribution >= 4 is 10.9 Å². The molecule has 4 nitrogen and oxygen atoms in total. The van der Waals surface area contributed by atoms with Crippen LogP contribution in [0.25, 0.3) is 10.9 Å². The summed E-state index contributed by atoms with van der Waals surface area (Å²) in [6, 6.07) is 8.20. The lowest BCUT2D eigenvalue weighted by Gasteiger charge is -2.06. The van der Waals surface area contributed by atoms with Gasteiger partial charge in [-0.1, -0.05) is 18.2 Å². The second-order valence-corrected chi connectivity index (χ2v) is 4.51. The van der Waals surface area contributed by atoms with Gasteiger partial charge in [0.15, 0.2) is 6.39 Å². The molecule has 1 unspecified atom stereocenters. The first-order valence-corrected chi connectivity index (χ1v) is 5.92. The van der Waals surface area contributed by atoms with Gasteiger partial charge in [-0.25, -0.2) is 4.98 Å². The Morgan fingerprint density at radius 1 is 1.39 bits per heavy atom. The molecular weight excluding hydrogens is 226 g/mol. The topological polar surface area (TPSA) is 57.0 Å². The molecule has 0 aliphatic carbocycles. The molecule has 1 atom stereocenters. The van der Waals surface area contributed by atoms with Gasteiger partial charge in [0.05, 0.1) is 11.7 Å². The van der Waals surface area contributed by atoms with Gasteiger partial charge in [0.25, 0.3) is 0 Å². The van der Waals surface area contributed by atoms with E-state index in [2.05, 4.69) is 27.9 Å². The van der Waals surface area contributed by atoms with E-state index >= 15 is 0 Å². The average Bonchev–Trinajstić information content (AvgIpc) is 3.00. The number of benzene rings is 1. The largest absolute Gasteiger partial charge is 0.451 e. The van der Waals surface area contributed by atoms with E-state index in [-0.39, 0.29) is 6.04 Å². The minimum Gasteiger partial charge on any atom is -0.451 e. The van der Waals surface area contributed by atoms with Crippen LogP contribution in [0.15, 0.2) is 47.5 Å². The zero-order valence-electron chi connectivity index (χ0n) is 10.2. The molecule has 0 bridgehead atoms. The SMILES string of the molecule is Cn1cc(CC(N)c2cocn2)c2ccccc21. The minimum atomic E-state index is -0.130. The normalized spacial score (nSPS) is 13.0. The highest BCUT2D eigenvalue weighted by Gasteiger charge is 2.13. The van der Waals surface area contributed by atoms with E-state index in [9.17, 15) is 0 Å². The number of rotatable bonds is 3. The van der Waals surface area contributed by atoms with Crippen molar-refractivity contribution in [1.29, 1.82) is 0 Å². The predicted octanol–water partition coefficient (Wildman–Crippen LogP) is 2.41. The van der Waals surface area contributed by atoms with Crippen molar-refractivity contribution in [3.63, 3.8) is 0 Å². The van der Waals surface area contributed by atoms with Gasteiger partial charge in [-0.3, -0.25) is 0 Å². The average molecular weight is 241 g/mol. The molecule has 1 aromatic carbocycles. The smallest absolute Gasteiger partial charge is 0.180 e. The van der Waals surface area contributed by atoms with Crippen LogP contribution >= 0.6 is 0 Å². The standard InChI is InChI=1S/C14H15N3O/c1-17-7-10(11-4-2-3-5-14(11)17)6-12(15)13-8-18-9-16-13/h2-5,7-9,12H,6,15H2,1H3. The number of nitrogens with two attached hydrogens (primary N) is 1. The van der Waals surface area contributed by atoms with Gasteiger partial charge in [0.2, 0.25) is 0 Å². The lowest BCUT2D eigenvalue weighted by molar-refractivity contribution is 0.553. The zero-order valence-corrected chi connectivity index (χ0v) is 10.2. The second-order valence-electron chi connectivity index (χ2n) is 4.51. The lowest BCUT2D eigenvalue weighted by atomic mass is 10.0. The molecule has 3 rings (SSSR count). The van der Waals surface area contributed by atoms with E-state index in [0.29, 0.717) is 0 Å². The van der Waals surface area contributed by atoms with Crippen molar-refractivity contribution in [2.24, 2.45) is 12.8 Å². The van der Waals surface area contributed by atoms with Crippen LogP contribution in [0.5, 0.6) is 0 Å². The Bertz CT molecular complexity index is 655. The summed E-state index contributed by atoms with van der Waals surface area (Å²) in [6.07, 6.45) is 5.91. The van der Waals surface area contributed by atoms with Gasteiger partial charge >= 0.3 is 0 Å². The Labute approximate surface area is 105 Å². The Balaban J connectivity index is 1.96. The van der Waals surface area contributed by atoms with Crippen LogP contribution in [-0.4, -0.2) is 9.55 Å². The van der Waals surface area contributed by atoms with Crippen molar-refractivity contribution in [2.75, 3.05) is 0 Å². The quantitative estimate of drug-likeness (QED) is 0.766. The third kappa shape index (κ3) is 1.80. The highest BCUT2D eigenvalue weighted by atomic mass is 16.3. The van der Waals surface area contributed by atoms with Crippen LogP contribution in [0.1, 0.15) is 17.3 Å². The second kappa shape index (κ2) is 4.31. The maximum Gasteiger partial charge on any atom is 0.180 e. The summed E-state index contributed by atoms with van der Waals surface area (Å²) in [5.41, 5.74) is 9.40. The van der Waals surface area contributed by atoms with Crippen LogP contribution < -0.4 is 5.73 Å². The summed E-state index contributed by atoms with van der Waals surface area (Å²) in [6.45, 7) is 0. The Hall–Kier alpha value is -2.07. The fourth-order valence-electron chi connectivity index (χ4n) is 2.33. The van der Waals surface area contributed by atoms with Crippen LogP contribution in [0.3, 0.4) is 0 Å². The van der Waals surface area contributed by atoms with E-state index in [4.69, 9.17) is 10.2 Å². The van der Waals surface area contributed by atoms with Crippen LogP contribution in [0.4, 0.5) is 0 Å². The van der Waals surface area contributed by atoms with Crippen molar-refractivity contribution in [3.8, 4) is 0 Å². The number of fused-ring (bicyclic) bond motifs is 1. The molecule has 0 saturated heterocycles. The predicted molar refractivity (Wildman–Crippen MR) is 70.1 cm³/mol. The van der Waals surface area contributed by atoms with Crippen molar-refractivity contribution in [3.05, 3.63) is 54.4 Å². The van der Waals surface area contributed by atoms with Gasteiger partial charge in [-0.15, -0.1) is 0 Å². The van der Waals surface area contributed by atoms with Crippen molar-refractivity contribution in [1.82, 2.24) is 9.55 Å². The van der Waals surface area contributed by atoms with Crippen LogP contribution in [0, 0.1) is 0 Å². The fourth-order valence-corrected chi connectivity index (χ4v) is 2.33. The van der Waals surface area contributed by atoms with Gasteiger partial charge < -0.3 is 14.7 Å². The van der Waals surface area contributed by atoms with Gasteiger partial charge in [0, 0.05) is 24.1 Å². The van der Waals surface area contributed by atoms with E-state index in [1.807, 2.05) is 19.2 Å². The molecule has 2 aromatic heterocycles. The molecule has 0 radical (unpaired) electrons. The first kappa shape index (κ1) is 11.0. The highest BCUT2D eigenvalue weighted by molar-refractivity contribution is 5.83. The van der Waals surface area contributed by atoms with Crippen LogP contribution in [0.2, 0.25) is 0 Å². The Morgan fingerprint density at radius 3 is 3.00 bits per heavy atom. The third-order valence-electron chi connectivity index (χ3n) is 3.25. The molecule has 0 saturated carbocycles. The number of aryl methyl sites for hydroxylation is 1. The Kier molecular flexibility index (Phi) is 2.64. The molecule has 2 heterocycles. The first-order chi connectivity index (χ1) is 8.75. The Morgan fingerprint density at radius 2 is 2.22 bits per heavy atom. The molecule has 4 heteroatoms. The van der Waals surface area contributed by atoms with E-state index in [0.717, 1.165) is 12.1 Å². The summed E-state index contributed by atoms with van der Waals surface area (Å²) < 4.78 is 7.09. The van der Waals surface area contributed by atoms with E-state index in [1.165, 1.54) is 22.9 Å². The molecule has 0 spiro atoms. The number of para-hydroxylation sites is 1. The first-order valence-electron chi connectivity index (χ1n) is 5.92. The lowest BCUT2D eigenvalue weighted by Crippen LogP contribution is -2.13. The molecular formula is C14H15N3O. The van der Waals surface area contributed by atoms with Gasteiger partial charge in [-0.05, 0) is 18.1 Å². The summed E-state index contributed by atoms with van der Waals surface area (Å²) in [5, 5.41) is 1.25. The monoisotopic (exact) mass is 241 g/mol. The van der Waals surface area contributed by atoms with Crippen molar-refractivity contribution < 1.29 is 4.42 Å². The summed E-state index contributed by atoms with van der Waals surface area (Å²) in [4.78, 5) is 4.10. The number of oxazole rings is 1. The summed E-state index contributed by atoms with van der Waals surface area (Å²) in [5.74, 6) is 0. The van der Waals surface area contributed by atoms with Gasteiger partial charge in [-0.2, -0.15) is 0 Å². The zero-order chi connectivity index (χ0) is 12.5. The molecule has 0 fully saturated rings. The number of hydrogen-bond acceptors (Lipinski definition) is 3. The summed E-state index contributed by atoms with van der Waals surface area (Å²) >= 11 is 0. The minimum absolute atomic E-state index is 0.130. The molecule has 18 heavy (non-hydrogen) atoms. The summed E-state index contributed by atoms with van der Waals surface area (Å²) in [7, 11) is 2.05. The molecule has 3 aromatic rings. The van der Waals surface area contributed by atoms with Crippen LogP contribution in [-0.2, 0) is 13.5 Å². The number of aromatic nitrogens is 2. The maximum atomic E-state index is 6.14. The molecule has 0 aliphatic rings. The van der Waals surface area contributed by atoms with E-state index in [1.54, 1.807) is 6.26 Å². The molecule has 0 amide bonds. The molecule has 92 valence electrons. The number of hydrogen-bond donors (Lipinski definition) is 1. The van der Waals surface area contributed by atoms with Crippen molar-refractivity contribution in [2.45, 2.75) is 12.5 Å². The van der Waals surface area contributed by atoms with Gasteiger partial charge in [0.1, 0.15) is 6.26 Å². The molecule has 2 N–H and O–H groups in total.